The molecule has 0 fully saturated rings. The molecule has 0 radical (unpaired) electrons. The van der Waals surface area contributed by atoms with Crippen molar-refractivity contribution >= 4 is 23.1 Å². The van der Waals surface area contributed by atoms with E-state index < -0.39 is 0 Å². The van der Waals surface area contributed by atoms with Gasteiger partial charge in [0.05, 0.1) is 24.0 Å². The van der Waals surface area contributed by atoms with Gasteiger partial charge in [-0.15, -0.1) is 11.3 Å². The largest absolute Gasteiger partial charge is 0.481 e. The molecule has 2 amide bonds. The number of methoxy groups -OCH3 is 1. The fourth-order valence-electron chi connectivity index (χ4n) is 1.66. The molecule has 0 aliphatic heterocycles. The van der Waals surface area contributed by atoms with Gasteiger partial charge >= 0.3 is 6.03 Å². The lowest BCUT2D eigenvalue weighted by Gasteiger charge is -2.07. The van der Waals surface area contributed by atoms with E-state index in [4.69, 9.17) is 4.74 Å². The van der Waals surface area contributed by atoms with Crippen molar-refractivity contribution in [3.63, 3.8) is 0 Å². The number of aryl methyl sites for hydroxylation is 1. The van der Waals surface area contributed by atoms with E-state index in [-0.39, 0.29) is 6.03 Å². The molecule has 0 bridgehead atoms. The molecular weight excluding hydrogens is 288 g/mol. The maximum Gasteiger partial charge on any atom is 0.319 e. The first-order valence-electron chi connectivity index (χ1n) is 6.69. The third-order valence-corrected chi connectivity index (χ3v) is 3.98. The molecule has 2 rings (SSSR count). The summed E-state index contributed by atoms with van der Waals surface area (Å²) in [6, 6.07) is 3.17. The van der Waals surface area contributed by atoms with Crippen molar-refractivity contribution in [3.8, 4) is 5.88 Å². The summed E-state index contributed by atoms with van der Waals surface area (Å²) in [4.78, 5) is 21.3. The number of hydrogen-bond acceptors (Lipinski definition) is 5. The molecular formula is C14H18N4O2S. The molecule has 0 aliphatic rings. The van der Waals surface area contributed by atoms with Crippen LogP contribution in [0.2, 0.25) is 0 Å². The highest BCUT2D eigenvalue weighted by molar-refractivity contribution is 7.11. The summed E-state index contributed by atoms with van der Waals surface area (Å²) < 4.78 is 4.95. The van der Waals surface area contributed by atoms with Crippen molar-refractivity contribution in [1.29, 1.82) is 0 Å². The predicted octanol–water partition coefficient (Wildman–Crippen LogP) is 2.47. The lowest BCUT2D eigenvalue weighted by molar-refractivity contribution is 0.252. The molecule has 2 aromatic rings. The average Bonchev–Trinajstić information content (AvgIpc) is 2.96. The minimum absolute atomic E-state index is 0.255. The second-order valence-corrected chi connectivity index (χ2v) is 5.49. The zero-order chi connectivity index (χ0) is 15.1. The summed E-state index contributed by atoms with van der Waals surface area (Å²) in [5, 5.41) is 6.54. The quantitative estimate of drug-likeness (QED) is 0.859. The van der Waals surface area contributed by atoms with Crippen molar-refractivity contribution in [3.05, 3.63) is 34.4 Å². The number of aromatic nitrogens is 2. The number of ether oxygens (including phenoxy) is 1. The highest BCUT2D eigenvalue weighted by Gasteiger charge is 2.04. The number of thiazole rings is 1. The van der Waals surface area contributed by atoms with Gasteiger partial charge < -0.3 is 15.4 Å². The Labute approximate surface area is 127 Å². The lowest BCUT2D eigenvalue weighted by Crippen LogP contribution is -2.30. The van der Waals surface area contributed by atoms with Crippen LogP contribution in [0.15, 0.2) is 24.5 Å². The molecule has 0 saturated heterocycles. The van der Waals surface area contributed by atoms with E-state index >= 15 is 0 Å². The second-order valence-electron chi connectivity index (χ2n) is 4.29. The average molecular weight is 306 g/mol. The van der Waals surface area contributed by atoms with Gasteiger partial charge in [0.25, 0.3) is 0 Å². The van der Waals surface area contributed by atoms with Crippen molar-refractivity contribution in [1.82, 2.24) is 15.3 Å². The number of carbonyl (C=O) groups excluding carboxylic acids is 1. The lowest BCUT2D eigenvalue weighted by atomic mass is 10.4. The number of carbonyl (C=O) groups is 1. The standard InChI is InChI=1S/C14H18N4O2S/c1-3-11-9-17-13(21-11)6-7-15-14(19)18-10-4-5-12(20-2)16-8-10/h4-5,8-9H,3,6-7H2,1-2H3,(H2,15,18,19). The van der Waals surface area contributed by atoms with Gasteiger partial charge in [0.1, 0.15) is 0 Å². The molecule has 0 spiro atoms. The number of urea groups is 1. The third-order valence-electron chi connectivity index (χ3n) is 2.78. The Morgan fingerprint density at radius 1 is 1.33 bits per heavy atom. The van der Waals surface area contributed by atoms with Gasteiger partial charge in [0, 0.05) is 30.1 Å². The molecule has 0 aliphatic carbocycles. The van der Waals surface area contributed by atoms with Crippen LogP contribution in [0.25, 0.3) is 0 Å². The predicted molar refractivity (Wildman–Crippen MR) is 83.0 cm³/mol. The van der Waals surface area contributed by atoms with Crippen LogP contribution < -0.4 is 15.4 Å². The zero-order valence-electron chi connectivity index (χ0n) is 12.0. The first-order valence-corrected chi connectivity index (χ1v) is 7.51. The van der Waals surface area contributed by atoms with Crippen LogP contribution in [0, 0.1) is 0 Å². The number of nitrogens with one attached hydrogen (secondary N) is 2. The summed E-state index contributed by atoms with van der Waals surface area (Å²) in [5.74, 6) is 0.511. The molecule has 0 saturated carbocycles. The topological polar surface area (TPSA) is 76.1 Å². The van der Waals surface area contributed by atoms with Crippen LogP contribution in [0.5, 0.6) is 5.88 Å². The van der Waals surface area contributed by atoms with E-state index in [0.717, 1.165) is 17.8 Å². The summed E-state index contributed by atoms with van der Waals surface area (Å²) in [6.07, 6.45) is 5.17. The molecule has 7 heteroatoms. The van der Waals surface area contributed by atoms with Gasteiger partial charge in [0.2, 0.25) is 5.88 Å². The van der Waals surface area contributed by atoms with Crippen LogP contribution in [-0.4, -0.2) is 29.7 Å². The van der Waals surface area contributed by atoms with Crippen LogP contribution >= 0.6 is 11.3 Å². The van der Waals surface area contributed by atoms with Gasteiger partial charge in [-0.05, 0) is 12.5 Å². The Morgan fingerprint density at radius 2 is 2.19 bits per heavy atom. The molecule has 112 valence electrons. The van der Waals surface area contributed by atoms with Crippen molar-refractivity contribution in [2.45, 2.75) is 19.8 Å². The Kier molecular flexibility index (Phi) is 5.51. The maximum atomic E-state index is 11.7. The van der Waals surface area contributed by atoms with Gasteiger partial charge in [-0.1, -0.05) is 6.92 Å². The van der Waals surface area contributed by atoms with Crippen molar-refractivity contribution in [2.24, 2.45) is 0 Å². The molecule has 0 atom stereocenters. The van der Waals surface area contributed by atoms with Gasteiger partial charge in [-0.25, -0.2) is 14.8 Å². The maximum absolute atomic E-state index is 11.7. The molecule has 21 heavy (non-hydrogen) atoms. The Morgan fingerprint density at radius 3 is 2.81 bits per heavy atom. The van der Waals surface area contributed by atoms with Crippen molar-refractivity contribution in [2.75, 3.05) is 19.0 Å². The van der Waals surface area contributed by atoms with E-state index in [2.05, 4.69) is 27.5 Å². The summed E-state index contributed by atoms with van der Waals surface area (Å²) >= 11 is 1.69. The highest BCUT2D eigenvalue weighted by Crippen LogP contribution is 2.13. The number of nitrogens with zero attached hydrogens (tertiary/aromatic N) is 2. The summed E-state index contributed by atoms with van der Waals surface area (Å²) in [5.41, 5.74) is 0.621. The van der Waals surface area contributed by atoms with Gasteiger partial charge in [-0.3, -0.25) is 0 Å². The Hall–Kier alpha value is -2.15. The van der Waals surface area contributed by atoms with Crippen LogP contribution in [0.1, 0.15) is 16.8 Å². The Balaban J connectivity index is 1.73. The number of amides is 2. The fraction of sp³-hybridized carbons (Fsp3) is 0.357. The minimum Gasteiger partial charge on any atom is -0.481 e. The van der Waals surface area contributed by atoms with Crippen LogP contribution in [-0.2, 0) is 12.8 Å². The molecule has 6 nitrogen and oxygen atoms in total. The van der Waals surface area contributed by atoms with E-state index in [1.165, 1.54) is 4.88 Å². The number of pyridine rings is 1. The van der Waals surface area contributed by atoms with Crippen molar-refractivity contribution < 1.29 is 9.53 Å². The SMILES string of the molecule is CCc1cnc(CCNC(=O)Nc2ccc(OC)nc2)s1. The number of rotatable bonds is 6. The summed E-state index contributed by atoms with van der Waals surface area (Å²) in [6.45, 7) is 2.65. The first-order chi connectivity index (χ1) is 10.2. The van der Waals surface area contributed by atoms with E-state index in [1.54, 1.807) is 36.8 Å². The van der Waals surface area contributed by atoms with Crippen LogP contribution in [0.3, 0.4) is 0 Å². The second kappa shape index (κ2) is 7.58. The van der Waals surface area contributed by atoms with E-state index in [9.17, 15) is 4.79 Å². The molecule has 2 N–H and O–H groups in total. The molecule has 2 heterocycles. The smallest absolute Gasteiger partial charge is 0.319 e. The number of anilines is 1. The normalized spacial score (nSPS) is 10.2. The molecule has 0 aromatic carbocycles. The van der Waals surface area contributed by atoms with Crippen LogP contribution in [0.4, 0.5) is 10.5 Å². The minimum atomic E-state index is -0.255. The molecule has 2 aromatic heterocycles. The van der Waals surface area contributed by atoms with Gasteiger partial charge in [0.15, 0.2) is 0 Å². The van der Waals surface area contributed by atoms with Gasteiger partial charge in [-0.2, -0.15) is 0 Å². The number of hydrogen-bond donors (Lipinski definition) is 2. The highest BCUT2D eigenvalue weighted by atomic mass is 32.1. The molecule has 0 unspecified atom stereocenters. The Bertz CT molecular complexity index is 583. The third kappa shape index (κ3) is 4.71. The van der Waals surface area contributed by atoms with E-state index in [0.29, 0.717) is 18.1 Å². The fourth-order valence-corrected chi connectivity index (χ4v) is 2.52. The summed E-state index contributed by atoms with van der Waals surface area (Å²) in [7, 11) is 1.55. The zero-order valence-corrected chi connectivity index (χ0v) is 12.9. The monoisotopic (exact) mass is 306 g/mol. The van der Waals surface area contributed by atoms with E-state index in [1.807, 2.05) is 6.20 Å². The first kappa shape index (κ1) is 15.2.